The van der Waals surface area contributed by atoms with Crippen molar-refractivity contribution in [3.63, 3.8) is 0 Å². The first-order chi connectivity index (χ1) is 16.4. The Labute approximate surface area is 206 Å². The molecule has 4 atom stereocenters. The van der Waals surface area contributed by atoms with Gasteiger partial charge < -0.3 is 4.74 Å². The largest absolute Gasteiger partial charge is 0.467 e. The molecule has 172 valence electrons. The molecule has 0 bridgehead atoms. The van der Waals surface area contributed by atoms with Crippen LogP contribution < -0.4 is 10.2 Å². The number of nitrogens with one attached hydrogen (secondary N) is 1. The number of ether oxygens (including phenoxy) is 1. The fourth-order valence-corrected chi connectivity index (χ4v) is 5.56. The van der Waals surface area contributed by atoms with Crippen molar-refractivity contribution in [2.75, 3.05) is 12.0 Å². The van der Waals surface area contributed by atoms with Crippen LogP contribution in [0.1, 0.15) is 17.2 Å². The van der Waals surface area contributed by atoms with Crippen LogP contribution in [0.4, 0.5) is 5.69 Å². The SMILES string of the molecule is COC(=O)[C@]1(c2ccccc2)N[C@@H](c2ccccc2Cl)[C@H]2C(=O)N(c3ccc(Cl)cc3)C(=O)[C@@H]21. The smallest absolute Gasteiger partial charge is 0.331 e. The van der Waals surface area contributed by atoms with E-state index in [1.807, 2.05) is 6.07 Å². The molecule has 0 unspecified atom stereocenters. The minimum atomic E-state index is -1.58. The molecule has 3 aromatic carbocycles. The van der Waals surface area contributed by atoms with E-state index < -0.39 is 41.2 Å². The highest BCUT2D eigenvalue weighted by Crippen LogP contribution is 2.54. The summed E-state index contributed by atoms with van der Waals surface area (Å²) in [5.74, 6) is -3.50. The molecule has 2 amide bonds. The van der Waals surface area contributed by atoms with E-state index in [4.69, 9.17) is 27.9 Å². The van der Waals surface area contributed by atoms with Gasteiger partial charge in [0.05, 0.1) is 24.6 Å². The summed E-state index contributed by atoms with van der Waals surface area (Å²) < 4.78 is 5.22. The van der Waals surface area contributed by atoms with Gasteiger partial charge in [0.25, 0.3) is 0 Å². The summed E-state index contributed by atoms with van der Waals surface area (Å²) in [7, 11) is 1.27. The monoisotopic (exact) mass is 494 g/mol. The molecular formula is C26H20Cl2N2O4. The number of carbonyl (C=O) groups is 3. The number of nitrogens with zero attached hydrogens (tertiary/aromatic N) is 1. The maximum absolute atomic E-state index is 13.9. The van der Waals surface area contributed by atoms with Crippen molar-refractivity contribution in [2.45, 2.75) is 11.6 Å². The Morgan fingerprint density at radius 2 is 1.56 bits per heavy atom. The number of hydrogen-bond acceptors (Lipinski definition) is 5. The van der Waals surface area contributed by atoms with Crippen LogP contribution in [0.15, 0.2) is 78.9 Å². The van der Waals surface area contributed by atoms with Gasteiger partial charge in [-0.15, -0.1) is 0 Å². The molecule has 2 fully saturated rings. The van der Waals surface area contributed by atoms with E-state index in [0.717, 1.165) is 4.90 Å². The van der Waals surface area contributed by atoms with Gasteiger partial charge in [0.2, 0.25) is 11.8 Å². The van der Waals surface area contributed by atoms with Gasteiger partial charge in [-0.25, -0.2) is 9.69 Å². The molecule has 3 aromatic rings. The number of fused-ring (bicyclic) bond motifs is 1. The van der Waals surface area contributed by atoms with Crippen molar-refractivity contribution in [3.05, 3.63) is 100 Å². The van der Waals surface area contributed by atoms with E-state index in [9.17, 15) is 14.4 Å². The summed E-state index contributed by atoms with van der Waals surface area (Å²) in [6.45, 7) is 0. The average Bonchev–Trinajstić information content (AvgIpc) is 3.34. The summed E-state index contributed by atoms with van der Waals surface area (Å²) in [6, 6.07) is 21.7. The zero-order valence-electron chi connectivity index (χ0n) is 18.1. The summed E-state index contributed by atoms with van der Waals surface area (Å²) in [4.78, 5) is 42.4. The first kappa shape index (κ1) is 22.6. The number of anilines is 1. The number of rotatable bonds is 4. The lowest BCUT2D eigenvalue weighted by Gasteiger charge is -2.33. The lowest BCUT2D eigenvalue weighted by molar-refractivity contribution is -0.152. The number of methoxy groups -OCH3 is 1. The maximum atomic E-state index is 13.9. The quantitative estimate of drug-likeness (QED) is 0.426. The Kier molecular flexibility index (Phi) is 5.68. The predicted molar refractivity (Wildman–Crippen MR) is 128 cm³/mol. The van der Waals surface area contributed by atoms with Gasteiger partial charge in [0.1, 0.15) is 0 Å². The highest BCUT2D eigenvalue weighted by molar-refractivity contribution is 6.32. The first-order valence-corrected chi connectivity index (χ1v) is 11.4. The second kappa shape index (κ2) is 8.55. The first-order valence-electron chi connectivity index (χ1n) is 10.7. The van der Waals surface area contributed by atoms with Crippen molar-refractivity contribution in [1.29, 1.82) is 0 Å². The van der Waals surface area contributed by atoms with Crippen molar-refractivity contribution in [1.82, 2.24) is 5.32 Å². The molecule has 0 spiro atoms. The Morgan fingerprint density at radius 1 is 0.912 bits per heavy atom. The Balaban J connectivity index is 1.74. The molecule has 8 heteroatoms. The molecule has 6 nitrogen and oxygen atoms in total. The minimum absolute atomic E-state index is 0.388. The van der Waals surface area contributed by atoms with Crippen LogP contribution in [-0.2, 0) is 24.7 Å². The molecule has 2 saturated heterocycles. The summed E-state index contributed by atoms with van der Waals surface area (Å²) in [5, 5.41) is 4.23. The standard InChI is InChI=1S/C26H20Cl2N2O4/c1-34-25(33)26(15-7-3-2-4-8-15)21-20(22(29-26)18-9-5-6-10-19(18)28)23(31)30(24(21)32)17-13-11-16(27)12-14-17/h2-14,20-22,29H,1H3/t20-,21+,22-,26+/m0/s1. The fourth-order valence-electron chi connectivity index (χ4n) is 5.18. The molecule has 34 heavy (non-hydrogen) atoms. The van der Waals surface area contributed by atoms with Crippen molar-refractivity contribution < 1.29 is 19.1 Å². The highest BCUT2D eigenvalue weighted by atomic mass is 35.5. The molecule has 1 N–H and O–H groups in total. The number of benzene rings is 3. The second-order valence-corrected chi connectivity index (χ2v) is 9.14. The summed E-state index contributed by atoms with van der Waals surface area (Å²) in [6.07, 6.45) is 0. The van der Waals surface area contributed by atoms with Crippen LogP contribution in [0.3, 0.4) is 0 Å². The van der Waals surface area contributed by atoms with Crippen LogP contribution >= 0.6 is 23.2 Å². The third kappa shape index (κ3) is 3.25. The number of hydrogen-bond donors (Lipinski definition) is 1. The van der Waals surface area contributed by atoms with Gasteiger partial charge in [0.15, 0.2) is 5.54 Å². The zero-order chi connectivity index (χ0) is 24.0. The molecule has 2 aliphatic rings. The third-order valence-electron chi connectivity index (χ3n) is 6.62. The third-order valence-corrected chi connectivity index (χ3v) is 7.22. The van der Waals surface area contributed by atoms with Gasteiger partial charge >= 0.3 is 5.97 Å². The topological polar surface area (TPSA) is 75.7 Å². The Bertz CT molecular complexity index is 1280. The van der Waals surface area contributed by atoms with E-state index in [-0.39, 0.29) is 0 Å². The highest BCUT2D eigenvalue weighted by Gasteiger charge is 2.69. The molecule has 0 aromatic heterocycles. The van der Waals surface area contributed by atoms with Crippen LogP contribution in [0.25, 0.3) is 0 Å². The van der Waals surface area contributed by atoms with E-state index in [0.29, 0.717) is 26.9 Å². The molecular weight excluding hydrogens is 475 g/mol. The predicted octanol–water partition coefficient (Wildman–Crippen LogP) is 4.51. The van der Waals surface area contributed by atoms with Gasteiger partial charge in [-0.3, -0.25) is 14.9 Å². The fraction of sp³-hybridized carbons (Fsp3) is 0.192. The normalized spacial score (nSPS) is 26.0. The van der Waals surface area contributed by atoms with E-state index >= 15 is 0 Å². The number of imide groups is 1. The number of amides is 2. The lowest BCUT2D eigenvalue weighted by Crippen LogP contribution is -2.53. The lowest BCUT2D eigenvalue weighted by atomic mass is 9.75. The molecule has 2 aliphatic heterocycles. The van der Waals surface area contributed by atoms with Crippen molar-refractivity contribution in [2.24, 2.45) is 11.8 Å². The van der Waals surface area contributed by atoms with E-state index in [1.54, 1.807) is 72.8 Å². The summed E-state index contributed by atoms with van der Waals surface area (Å²) >= 11 is 12.5. The van der Waals surface area contributed by atoms with Crippen LogP contribution in [0.5, 0.6) is 0 Å². The van der Waals surface area contributed by atoms with Gasteiger partial charge in [0, 0.05) is 16.1 Å². The molecule has 0 radical (unpaired) electrons. The van der Waals surface area contributed by atoms with Crippen LogP contribution in [-0.4, -0.2) is 24.9 Å². The number of carbonyl (C=O) groups excluding carboxylic acids is 3. The minimum Gasteiger partial charge on any atom is -0.467 e. The molecule has 0 saturated carbocycles. The Morgan fingerprint density at radius 3 is 2.21 bits per heavy atom. The zero-order valence-corrected chi connectivity index (χ0v) is 19.6. The molecule has 5 rings (SSSR count). The van der Waals surface area contributed by atoms with Gasteiger partial charge in [-0.1, -0.05) is 71.7 Å². The second-order valence-electron chi connectivity index (χ2n) is 8.30. The van der Waals surface area contributed by atoms with Crippen LogP contribution in [0.2, 0.25) is 10.0 Å². The van der Waals surface area contributed by atoms with Gasteiger partial charge in [-0.2, -0.15) is 0 Å². The molecule has 0 aliphatic carbocycles. The van der Waals surface area contributed by atoms with E-state index in [2.05, 4.69) is 5.32 Å². The van der Waals surface area contributed by atoms with E-state index in [1.165, 1.54) is 7.11 Å². The van der Waals surface area contributed by atoms with Crippen molar-refractivity contribution >= 4 is 46.7 Å². The van der Waals surface area contributed by atoms with Crippen LogP contribution in [0, 0.1) is 11.8 Å². The maximum Gasteiger partial charge on any atom is 0.331 e. The number of halogens is 2. The average molecular weight is 495 g/mol. The van der Waals surface area contributed by atoms with Crippen molar-refractivity contribution in [3.8, 4) is 0 Å². The van der Waals surface area contributed by atoms with Gasteiger partial charge in [-0.05, 0) is 41.5 Å². The number of esters is 1. The Hall–Kier alpha value is -3.19. The summed E-state index contributed by atoms with van der Waals surface area (Å²) in [5.41, 5.74) is -0.0395. The molecule has 2 heterocycles.